The van der Waals surface area contributed by atoms with Crippen LogP contribution in [0.2, 0.25) is 0 Å². The lowest BCUT2D eigenvalue weighted by Crippen LogP contribution is -2.39. The molecule has 2 aromatic rings. The predicted molar refractivity (Wildman–Crippen MR) is 84.9 cm³/mol. The summed E-state index contributed by atoms with van der Waals surface area (Å²) in [4.78, 5) is 18.7. The maximum absolute atomic E-state index is 12.5. The van der Waals surface area contributed by atoms with E-state index in [0.29, 0.717) is 11.6 Å². The Morgan fingerprint density at radius 2 is 2.27 bits per heavy atom. The Hall–Kier alpha value is -2.37. The van der Waals surface area contributed by atoms with Crippen molar-refractivity contribution < 1.29 is 4.79 Å². The second kappa shape index (κ2) is 6.17. The first-order valence-corrected chi connectivity index (χ1v) is 7.60. The van der Waals surface area contributed by atoms with Crippen LogP contribution in [0.25, 0.3) is 0 Å². The number of amides is 1. The Labute approximate surface area is 130 Å². The van der Waals surface area contributed by atoms with E-state index in [1.807, 2.05) is 31.3 Å². The van der Waals surface area contributed by atoms with Gasteiger partial charge < -0.3 is 10.2 Å². The van der Waals surface area contributed by atoms with E-state index < -0.39 is 0 Å². The lowest BCUT2D eigenvalue weighted by Gasteiger charge is -2.32. The molecule has 1 aliphatic rings. The number of hydrogen-bond donors (Lipinski definition) is 1. The number of aromatic nitrogens is 3. The van der Waals surface area contributed by atoms with Gasteiger partial charge in [0.25, 0.3) is 5.91 Å². The van der Waals surface area contributed by atoms with Crippen molar-refractivity contribution in [1.29, 1.82) is 0 Å². The van der Waals surface area contributed by atoms with E-state index in [1.54, 1.807) is 16.9 Å². The van der Waals surface area contributed by atoms with E-state index in [9.17, 15) is 4.79 Å². The average Bonchev–Trinajstić information content (AvgIpc) is 3.01. The van der Waals surface area contributed by atoms with Gasteiger partial charge in [-0.15, -0.1) is 0 Å². The van der Waals surface area contributed by atoms with E-state index in [2.05, 4.69) is 21.5 Å². The highest BCUT2D eigenvalue weighted by molar-refractivity contribution is 5.92. The normalized spacial score (nSPS) is 18.3. The average molecular weight is 299 g/mol. The molecule has 0 aliphatic carbocycles. The van der Waals surface area contributed by atoms with Crippen LogP contribution in [0, 0.1) is 0 Å². The van der Waals surface area contributed by atoms with Crippen LogP contribution >= 0.6 is 0 Å². The summed E-state index contributed by atoms with van der Waals surface area (Å²) in [5.74, 6) is 1.25. The number of nitrogens with zero attached hydrogens (tertiary/aromatic N) is 4. The van der Waals surface area contributed by atoms with Crippen LogP contribution in [-0.2, 0) is 7.05 Å². The molecule has 0 radical (unpaired) electrons. The van der Waals surface area contributed by atoms with Crippen molar-refractivity contribution in [3.8, 4) is 0 Å². The summed E-state index contributed by atoms with van der Waals surface area (Å²) in [6.45, 7) is 1.54. The van der Waals surface area contributed by atoms with Crippen LogP contribution in [-0.4, -0.2) is 45.7 Å². The van der Waals surface area contributed by atoms with Gasteiger partial charge in [-0.1, -0.05) is 0 Å². The largest absolute Gasteiger partial charge is 0.373 e. The third-order valence-corrected chi connectivity index (χ3v) is 4.15. The van der Waals surface area contributed by atoms with Crippen LogP contribution in [0.1, 0.15) is 34.8 Å². The monoisotopic (exact) mass is 299 g/mol. The van der Waals surface area contributed by atoms with Crippen molar-refractivity contribution in [2.75, 3.05) is 25.5 Å². The molecule has 3 heterocycles. The van der Waals surface area contributed by atoms with Gasteiger partial charge in [0.05, 0.1) is 0 Å². The van der Waals surface area contributed by atoms with Crippen molar-refractivity contribution in [2.24, 2.45) is 7.05 Å². The fourth-order valence-electron chi connectivity index (χ4n) is 2.96. The van der Waals surface area contributed by atoms with Crippen LogP contribution in [0.5, 0.6) is 0 Å². The smallest absolute Gasteiger partial charge is 0.274 e. The molecule has 1 aliphatic heterocycles. The van der Waals surface area contributed by atoms with E-state index in [0.717, 1.165) is 31.7 Å². The SMILES string of the molecule is CNc1cc([C@H]2CCCN(C(=O)c3ccn(C)n3)C2)ccn1. The second-order valence-corrected chi connectivity index (χ2v) is 5.69. The molecule has 1 N–H and O–H groups in total. The number of pyridine rings is 1. The highest BCUT2D eigenvalue weighted by Crippen LogP contribution is 2.28. The summed E-state index contributed by atoms with van der Waals surface area (Å²) in [6, 6.07) is 5.89. The zero-order valence-electron chi connectivity index (χ0n) is 13.0. The molecule has 1 saturated heterocycles. The van der Waals surface area contributed by atoms with Gasteiger partial charge >= 0.3 is 0 Å². The zero-order chi connectivity index (χ0) is 15.5. The molecule has 0 bridgehead atoms. The predicted octanol–water partition coefficient (Wildman–Crippen LogP) is 1.88. The maximum Gasteiger partial charge on any atom is 0.274 e. The minimum Gasteiger partial charge on any atom is -0.373 e. The lowest BCUT2D eigenvalue weighted by molar-refractivity contribution is 0.0700. The molecule has 1 fully saturated rings. The van der Waals surface area contributed by atoms with Crippen molar-refractivity contribution in [1.82, 2.24) is 19.7 Å². The van der Waals surface area contributed by atoms with Gasteiger partial charge in [0.15, 0.2) is 0 Å². The van der Waals surface area contributed by atoms with Gasteiger partial charge in [0, 0.05) is 45.5 Å². The second-order valence-electron chi connectivity index (χ2n) is 5.69. The number of rotatable bonds is 3. The Bertz CT molecular complexity index is 666. The lowest BCUT2D eigenvalue weighted by atomic mass is 9.91. The molecule has 0 spiro atoms. The van der Waals surface area contributed by atoms with Crippen LogP contribution in [0.15, 0.2) is 30.6 Å². The number of nitrogens with one attached hydrogen (secondary N) is 1. The number of piperidine rings is 1. The van der Waals surface area contributed by atoms with Crippen molar-refractivity contribution in [2.45, 2.75) is 18.8 Å². The summed E-state index contributed by atoms with van der Waals surface area (Å²) in [5.41, 5.74) is 1.76. The molecule has 2 aromatic heterocycles. The molecule has 3 rings (SSSR count). The highest BCUT2D eigenvalue weighted by Gasteiger charge is 2.26. The number of likely N-dealkylation sites (tertiary alicyclic amines) is 1. The van der Waals surface area contributed by atoms with Crippen LogP contribution in [0.3, 0.4) is 0 Å². The molecule has 6 nitrogen and oxygen atoms in total. The summed E-state index contributed by atoms with van der Waals surface area (Å²) >= 11 is 0. The summed E-state index contributed by atoms with van der Waals surface area (Å²) in [6.07, 6.45) is 5.73. The molecule has 116 valence electrons. The van der Waals surface area contributed by atoms with Crippen LogP contribution < -0.4 is 5.32 Å². The topological polar surface area (TPSA) is 63.1 Å². The van der Waals surface area contributed by atoms with Crippen molar-refractivity contribution >= 4 is 11.7 Å². The molecule has 0 saturated carbocycles. The Balaban J connectivity index is 1.75. The van der Waals surface area contributed by atoms with Gasteiger partial charge in [-0.3, -0.25) is 9.48 Å². The minimum absolute atomic E-state index is 0.0215. The zero-order valence-corrected chi connectivity index (χ0v) is 13.0. The highest BCUT2D eigenvalue weighted by atomic mass is 16.2. The van der Waals surface area contributed by atoms with E-state index in [1.165, 1.54) is 5.56 Å². The number of anilines is 1. The summed E-state index contributed by atoms with van der Waals surface area (Å²) in [7, 11) is 3.69. The first kappa shape index (κ1) is 14.6. The minimum atomic E-state index is 0.0215. The number of hydrogen-bond acceptors (Lipinski definition) is 4. The van der Waals surface area contributed by atoms with E-state index in [-0.39, 0.29) is 5.91 Å². The molecule has 0 aromatic carbocycles. The molecular weight excluding hydrogens is 278 g/mol. The van der Waals surface area contributed by atoms with E-state index >= 15 is 0 Å². The standard InChI is InChI=1S/C16H21N5O/c1-17-15-10-12(5-7-18-15)13-4-3-8-21(11-13)16(22)14-6-9-20(2)19-14/h5-7,9-10,13H,3-4,8,11H2,1-2H3,(H,17,18)/t13-/m0/s1. The first-order chi connectivity index (χ1) is 10.7. The molecule has 6 heteroatoms. The summed E-state index contributed by atoms with van der Waals surface area (Å²) in [5, 5.41) is 7.28. The Morgan fingerprint density at radius 1 is 1.41 bits per heavy atom. The van der Waals surface area contributed by atoms with Gasteiger partial charge in [0.1, 0.15) is 11.5 Å². The molecule has 22 heavy (non-hydrogen) atoms. The number of aryl methyl sites for hydroxylation is 1. The molecule has 1 amide bonds. The fourth-order valence-corrected chi connectivity index (χ4v) is 2.96. The Morgan fingerprint density at radius 3 is 3.00 bits per heavy atom. The van der Waals surface area contributed by atoms with Gasteiger partial charge in [-0.25, -0.2) is 4.98 Å². The third-order valence-electron chi connectivity index (χ3n) is 4.15. The van der Waals surface area contributed by atoms with Gasteiger partial charge in [0.2, 0.25) is 0 Å². The third kappa shape index (κ3) is 2.95. The van der Waals surface area contributed by atoms with Crippen LogP contribution in [0.4, 0.5) is 5.82 Å². The quantitative estimate of drug-likeness (QED) is 0.940. The molecule has 0 unspecified atom stereocenters. The van der Waals surface area contributed by atoms with Crippen molar-refractivity contribution in [3.63, 3.8) is 0 Å². The van der Waals surface area contributed by atoms with Crippen molar-refractivity contribution in [3.05, 3.63) is 41.9 Å². The number of carbonyl (C=O) groups is 1. The Kier molecular flexibility index (Phi) is 4.09. The molecular formula is C16H21N5O. The van der Waals surface area contributed by atoms with Gasteiger partial charge in [-0.2, -0.15) is 5.10 Å². The number of carbonyl (C=O) groups excluding carboxylic acids is 1. The van der Waals surface area contributed by atoms with E-state index in [4.69, 9.17) is 0 Å². The van der Waals surface area contributed by atoms with Gasteiger partial charge in [-0.05, 0) is 36.6 Å². The summed E-state index contributed by atoms with van der Waals surface area (Å²) < 4.78 is 1.66. The maximum atomic E-state index is 12.5. The first-order valence-electron chi connectivity index (χ1n) is 7.60. The molecule has 1 atom stereocenters. The fraction of sp³-hybridized carbons (Fsp3) is 0.438.